The van der Waals surface area contributed by atoms with Gasteiger partial charge in [0.05, 0.1) is 0 Å². The van der Waals surface area contributed by atoms with Gasteiger partial charge in [-0.3, -0.25) is 0 Å². The molecule has 0 radical (unpaired) electrons. The van der Waals surface area contributed by atoms with Crippen molar-refractivity contribution in [2.45, 2.75) is 78.7 Å². The van der Waals surface area contributed by atoms with E-state index in [1.165, 1.54) is 71.1 Å². The van der Waals surface area contributed by atoms with Crippen molar-refractivity contribution in [2.75, 3.05) is 26.2 Å². The van der Waals surface area contributed by atoms with E-state index in [2.05, 4.69) is 37.9 Å². The predicted octanol–water partition coefficient (Wildman–Crippen LogP) is 4.06. The Bertz CT molecular complexity index is 151. The number of rotatable bonds is 13. The van der Waals surface area contributed by atoms with Crippen molar-refractivity contribution >= 4 is 0 Å². The van der Waals surface area contributed by atoms with Crippen molar-refractivity contribution in [3.05, 3.63) is 0 Å². The van der Waals surface area contributed by atoms with Crippen molar-refractivity contribution in [1.29, 1.82) is 0 Å². The zero-order chi connectivity index (χ0) is 13.6. The van der Waals surface area contributed by atoms with E-state index in [0.29, 0.717) is 0 Å². The third-order valence-corrected chi connectivity index (χ3v) is 3.62. The number of nitrogens with one attached hydrogen (secondary N) is 1. The minimum atomic E-state index is 0.756. The molecular formula is C16H36N2. The normalized spacial score (nSPS) is 13.2. The minimum Gasteiger partial charge on any atom is -0.317 e. The summed E-state index contributed by atoms with van der Waals surface area (Å²) >= 11 is 0. The van der Waals surface area contributed by atoms with Crippen LogP contribution in [0.15, 0.2) is 0 Å². The molecule has 0 rings (SSSR count). The monoisotopic (exact) mass is 256 g/mol. The zero-order valence-electron chi connectivity index (χ0n) is 13.3. The van der Waals surface area contributed by atoms with Gasteiger partial charge in [-0.2, -0.15) is 0 Å². The van der Waals surface area contributed by atoms with Crippen molar-refractivity contribution in [3.8, 4) is 0 Å². The quantitative estimate of drug-likeness (QED) is 0.500. The van der Waals surface area contributed by atoms with Gasteiger partial charge in [0, 0.05) is 6.04 Å². The van der Waals surface area contributed by atoms with Gasteiger partial charge in [0.15, 0.2) is 0 Å². The van der Waals surface area contributed by atoms with Gasteiger partial charge in [0.25, 0.3) is 0 Å². The molecule has 2 nitrogen and oxygen atoms in total. The first kappa shape index (κ1) is 17.9. The van der Waals surface area contributed by atoms with Crippen LogP contribution in [0.25, 0.3) is 0 Å². The molecule has 1 unspecified atom stereocenters. The molecule has 0 saturated heterocycles. The molecule has 110 valence electrons. The third kappa shape index (κ3) is 9.90. The first-order valence-electron chi connectivity index (χ1n) is 8.20. The molecule has 0 aliphatic rings. The first-order chi connectivity index (χ1) is 8.76. The first-order valence-corrected chi connectivity index (χ1v) is 8.20. The van der Waals surface area contributed by atoms with Crippen LogP contribution < -0.4 is 5.32 Å². The van der Waals surface area contributed by atoms with Gasteiger partial charge < -0.3 is 10.2 Å². The van der Waals surface area contributed by atoms with E-state index >= 15 is 0 Å². The van der Waals surface area contributed by atoms with E-state index in [4.69, 9.17) is 0 Å². The Morgan fingerprint density at radius 2 is 1.44 bits per heavy atom. The molecule has 0 aliphatic carbocycles. The summed E-state index contributed by atoms with van der Waals surface area (Å²) in [5.74, 6) is 0. The van der Waals surface area contributed by atoms with Gasteiger partial charge in [-0.15, -0.1) is 0 Å². The summed E-state index contributed by atoms with van der Waals surface area (Å²) in [6.07, 6.45) is 9.22. The molecule has 0 saturated carbocycles. The number of unbranched alkanes of at least 4 members (excludes halogenated alkanes) is 2. The lowest BCUT2D eigenvalue weighted by atomic mass is 10.1. The van der Waals surface area contributed by atoms with E-state index in [-0.39, 0.29) is 0 Å². The maximum Gasteiger partial charge on any atom is 0.00674 e. The van der Waals surface area contributed by atoms with Gasteiger partial charge >= 0.3 is 0 Å². The molecule has 0 spiro atoms. The van der Waals surface area contributed by atoms with Crippen LogP contribution in [0.2, 0.25) is 0 Å². The second kappa shape index (κ2) is 13.4. The van der Waals surface area contributed by atoms with Crippen molar-refractivity contribution in [3.63, 3.8) is 0 Å². The van der Waals surface area contributed by atoms with Crippen molar-refractivity contribution in [1.82, 2.24) is 10.2 Å². The molecule has 2 heteroatoms. The van der Waals surface area contributed by atoms with Crippen molar-refractivity contribution < 1.29 is 0 Å². The van der Waals surface area contributed by atoms with Crippen LogP contribution >= 0.6 is 0 Å². The Morgan fingerprint density at radius 3 is 1.94 bits per heavy atom. The van der Waals surface area contributed by atoms with Gasteiger partial charge in [-0.05, 0) is 65.2 Å². The molecule has 0 aliphatic heterocycles. The second-order valence-corrected chi connectivity index (χ2v) is 5.48. The number of hydrogen-bond acceptors (Lipinski definition) is 2. The topological polar surface area (TPSA) is 15.3 Å². The van der Waals surface area contributed by atoms with Gasteiger partial charge in [0.1, 0.15) is 0 Å². The molecule has 1 atom stereocenters. The van der Waals surface area contributed by atoms with E-state index in [1.807, 2.05) is 0 Å². The van der Waals surface area contributed by atoms with Crippen LogP contribution in [0.5, 0.6) is 0 Å². The summed E-state index contributed by atoms with van der Waals surface area (Å²) < 4.78 is 0. The Hall–Kier alpha value is -0.0800. The number of hydrogen-bond donors (Lipinski definition) is 1. The minimum absolute atomic E-state index is 0.756. The molecule has 18 heavy (non-hydrogen) atoms. The maximum absolute atomic E-state index is 3.50. The summed E-state index contributed by atoms with van der Waals surface area (Å²) in [6, 6.07) is 0.756. The molecule has 0 amide bonds. The van der Waals surface area contributed by atoms with E-state index < -0.39 is 0 Å². The van der Waals surface area contributed by atoms with Crippen LogP contribution in [0.3, 0.4) is 0 Å². The van der Waals surface area contributed by atoms with E-state index in [9.17, 15) is 0 Å². The highest BCUT2D eigenvalue weighted by atomic mass is 15.1. The van der Waals surface area contributed by atoms with Gasteiger partial charge in [-0.1, -0.05) is 33.6 Å². The molecule has 0 bridgehead atoms. The van der Waals surface area contributed by atoms with E-state index in [1.54, 1.807) is 0 Å². The van der Waals surface area contributed by atoms with Crippen LogP contribution in [-0.4, -0.2) is 37.1 Å². The van der Waals surface area contributed by atoms with Crippen molar-refractivity contribution in [2.24, 2.45) is 0 Å². The SMILES string of the molecule is CCCCN(CCCC)C(C)CCCNCCC. The summed E-state index contributed by atoms with van der Waals surface area (Å²) in [6.45, 7) is 14.2. The Labute approximate surface area is 116 Å². The Morgan fingerprint density at radius 1 is 0.833 bits per heavy atom. The highest BCUT2D eigenvalue weighted by Gasteiger charge is 2.12. The lowest BCUT2D eigenvalue weighted by Crippen LogP contribution is -2.35. The Balaban J connectivity index is 3.76. The van der Waals surface area contributed by atoms with Crippen LogP contribution in [0.4, 0.5) is 0 Å². The summed E-state index contributed by atoms with van der Waals surface area (Å²) in [7, 11) is 0. The molecule has 0 aromatic heterocycles. The Kier molecular flexibility index (Phi) is 13.3. The summed E-state index contributed by atoms with van der Waals surface area (Å²) in [5, 5.41) is 3.50. The largest absolute Gasteiger partial charge is 0.317 e. The second-order valence-electron chi connectivity index (χ2n) is 5.48. The van der Waals surface area contributed by atoms with Crippen LogP contribution in [0.1, 0.15) is 72.6 Å². The molecule has 0 aromatic carbocycles. The molecular weight excluding hydrogens is 220 g/mol. The summed E-state index contributed by atoms with van der Waals surface area (Å²) in [5.41, 5.74) is 0. The molecule has 1 N–H and O–H groups in total. The lowest BCUT2D eigenvalue weighted by Gasteiger charge is -2.29. The summed E-state index contributed by atoms with van der Waals surface area (Å²) in [4.78, 5) is 2.70. The molecule has 0 fully saturated rings. The van der Waals surface area contributed by atoms with Gasteiger partial charge in [0.2, 0.25) is 0 Å². The highest BCUT2D eigenvalue weighted by Crippen LogP contribution is 2.09. The molecule has 0 aromatic rings. The predicted molar refractivity (Wildman–Crippen MR) is 83.2 cm³/mol. The highest BCUT2D eigenvalue weighted by molar-refractivity contribution is 4.68. The average Bonchev–Trinajstić information content (AvgIpc) is 2.38. The standard InChI is InChI=1S/C16H36N2/c1-5-8-14-18(15-9-6-2)16(4)11-10-13-17-12-7-3/h16-17H,5-15H2,1-4H3. The van der Waals surface area contributed by atoms with E-state index in [0.717, 1.165) is 6.04 Å². The smallest absolute Gasteiger partial charge is 0.00674 e. The van der Waals surface area contributed by atoms with Crippen LogP contribution in [-0.2, 0) is 0 Å². The average molecular weight is 256 g/mol. The lowest BCUT2D eigenvalue weighted by molar-refractivity contribution is 0.191. The maximum atomic E-state index is 3.50. The van der Waals surface area contributed by atoms with Crippen LogP contribution in [0, 0.1) is 0 Å². The molecule has 0 heterocycles. The van der Waals surface area contributed by atoms with Gasteiger partial charge in [-0.25, -0.2) is 0 Å². The zero-order valence-corrected chi connectivity index (χ0v) is 13.3. The fourth-order valence-corrected chi connectivity index (χ4v) is 2.28. The fourth-order valence-electron chi connectivity index (χ4n) is 2.28. The fraction of sp³-hybridized carbons (Fsp3) is 1.00. The third-order valence-electron chi connectivity index (χ3n) is 3.62. The number of nitrogens with zero attached hydrogens (tertiary/aromatic N) is 1.